The van der Waals surface area contributed by atoms with Crippen LogP contribution in [0.15, 0.2) is 192 Å². The second-order valence-electron chi connectivity index (χ2n) is 13.1. The molecular formula is C48H31N3O. The zero-order valence-corrected chi connectivity index (χ0v) is 28.1. The molecule has 10 aromatic rings. The highest BCUT2D eigenvalue weighted by Gasteiger charge is 2.15. The maximum absolute atomic E-state index is 6.07. The van der Waals surface area contributed by atoms with Gasteiger partial charge >= 0.3 is 0 Å². The molecule has 3 aromatic heterocycles. The highest BCUT2D eigenvalue weighted by molar-refractivity contribution is 6.06. The number of pyridine rings is 1. The molecule has 0 N–H and O–H groups in total. The zero-order chi connectivity index (χ0) is 34.4. The molecule has 4 nitrogen and oxygen atoms in total. The monoisotopic (exact) mass is 665 g/mol. The quantitative estimate of drug-likeness (QED) is 0.178. The normalized spacial score (nSPS) is 11.5. The van der Waals surface area contributed by atoms with Crippen LogP contribution in [0.3, 0.4) is 0 Å². The molecule has 10 rings (SSSR count). The Morgan fingerprint density at radius 3 is 1.67 bits per heavy atom. The first-order chi connectivity index (χ1) is 25.7. The molecule has 0 fully saturated rings. The van der Waals surface area contributed by atoms with Gasteiger partial charge < -0.3 is 4.42 Å². The van der Waals surface area contributed by atoms with Gasteiger partial charge in [-0.2, -0.15) is 0 Å². The molecule has 0 saturated heterocycles. The van der Waals surface area contributed by atoms with E-state index >= 15 is 0 Å². The van der Waals surface area contributed by atoms with Gasteiger partial charge in [0.05, 0.1) is 22.4 Å². The summed E-state index contributed by atoms with van der Waals surface area (Å²) in [6, 6.07) is 65.6. The van der Waals surface area contributed by atoms with Gasteiger partial charge in [0.1, 0.15) is 17.0 Å². The molecule has 0 radical (unpaired) electrons. The van der Waals surface area contributed by atoms with Crippen molar-refractivity contribution in [1.82, 2.24) is 14.5 Å². The van der Waals surface area contributed by atoms with Crippen LogP contribution in [0.4, 0.5) is 0 Å². The third-order valence-electron chi connectivity index (χ3n) is 9.84. The van der Waals surface area contributed by atoms with Crippen molar-refractivity contribution in [2.75, 3.05) is 0 Å². The summed E-state index contributed by atoms with van der Waals surface area (Å²) in [5.74, 6) is 0.919. The number of benzene rings is 7. The lowest BCUT2D eigenvalue weighted by Gasteiger charge is -2.13. The van der Waals surface area contributed by atoms with E-state index in [-0.39, 0.29) is 0 Å². The molecule has 0 atom stereocenters. The molecule has 0 amide bonds. The minimum Gasteiger partial charge on any atom is -0.456 e. The van der Waals surface area contributed by atoms with E-state index in [4.69, 9.17) is 14.4 Å². The van der Waals surface area contributed by atoms with E-state index in [1.54, 1.807) is 0 Å². The summed E-state index contributed by atoms with van der Waals surface area (Å²) < 4.78 is 8.31. The van der Waals surface area contributed by atoms with Gasteiger partial charge in [0, 0.05) is 33.2 Å². The van der Waals surface area contributed by atoms with Crippen LogP contribution in [-0.2, 0) is 0 Å². The SMILES string of the molecule is c1ccc(-c2cc(-c3ccc(-c4ccc5oc6ccccc6c5c4)cc3)cc(-c3ccc(-n4c(-c5ccccc5)nc5ccccc54)cc3)n2)cc1. The minimum atomic E-state index is 0.905. The number of nitrogens with zero attached hydrogens (tertiary/aromatic N) is 3. The van der Waals surface area contributed by atoms with E-state index in [1.807, 2.05) is 30.3 Å². The van der Waals surface area contributed by atoms with Crippen molar-refractivity contribution in [2.45, 2.75) is 0 Å². The third-order valence-corrected chi connectivity index (χ3v) is 9.84. The van der Waals surface area contributed by atoms with E-state index < -0.39 is 0 Å². The Labute approximate surface area is 300 Å². The maximum atomic E-state index is 6.07. The molecule has 4 heteroatoms. The van der Waals surface area contributed by atoms with Crippen molar-refractivity contribution >= 4 is 33.0 Å². The van der Waals surface area contributed by atoms with E-state index in [0.717, 1.165) is 94.8 Å². The summed E-state index contributed by atoms with van der Waals surface area (Å²) >= 11 is 0. The van der Waals surface area contributed by atoms with Gasteiger partial charge in [-0.3, -0.25) is 4.57 Å². The smallest absolute Gasteiger partial charge is 0.145 e. The summed E-state index contributed by atoms with van der Waals surface area (Å²) in [5, 5.41) is 2.27. The second-order valence-corrected chi connectivity index (χ2v) is 13.1. The Balaban J connectivity index is 1.03. The molecule has 0 aliphatic heterocycles. The van der Waals surface area contributed by atoms with Crippen molar-refractivity contribution in [3.63, 3.8) is 0 Å². The Bertz CT molecular complexity index is 2870. The van der Waals surface area contributed by atoms with Gasteiger partial charge in [-0.25, -0.2) is 9.97 Å². The van der Waals surface area contributed by atoms with Crippen molar-refractivity contribution in [3.8, 4) is 61.8 Å². The highest BCUT2D eigenvalue weighted by atomic mass is 16.3. The number of hydrogen-bond acceptors (Lipinski definition) is 3. The standard InChI is InChI=1S/C48H31N3O/c1-3-11-34(12-4-1)43-30-38(33-21-19-32(20-22-33)37-25-28-47-41(29-37)40-15-7-10-18-46(40)52-47)31-44(49-43)35-23-26-39(27-24-35)51-45-17-9-8-16-42(45)50-48(51)36-13-5-2-6-14-36/h1-31H. The van der Waals surface area contributed by atoms with Gasteiger partial charge in [0.25, 0.3) is 0 Å². The van der Waals surface area contributed by atoms with E-state index in [2.05, 4.69) is 162 Å². The Kier molecular flexibility index (Phi) is 7.10. The topological polar surface area (TPSA) is 43.9 Å². The zero-order valence-electron chi connectivity index (χ0n) is 28.1. The van der Waals surface area contributed by atoms with Crippen LogP contribution in [-0.4, -0.2) is 14.5 Å². The lowest BCUT2D eigenvalue weighted by molar-refractivity contribution is 0.669. The predicted octanol–water partition coefficient (Wildman–Crippen LogP) is 12.7. The Hall–Kier alpha value is -7.04. The van der Waals surface area contributed by atoms with Crippen LogP contribution in [0.5, 0.6) is 0 Å². The Morgan fingerprint density at radius 1 is 0.365 bits per heavy atom. The molecule has 0 unspecified atom stereocenters. The molecular weight excluding hydrogens is 635 g/mol. The van der Waals surface area contributed by atoms with Gasteiger partial charge in [-0.15, -0.1) is 0 Å². The van der Waals surface area contributed by atoms with Crippen LogP contribution >= 0.6 is 0 Å². The molecule has 0 saturated carbocycles. The molecule has 0 bridgehead atoms. The van der Waals surface area contributed by atoms with Gasteiger partial charge in [-0.1, -0.05) is 133 Å². The minimum absolute atomic E-state index is 0.905. The fourth-order valence-corrected chi connectivity index (χ4v) is 7.21. The summed E-state index contributed by atoms with van der Waals surface area (Å²) in [6.07, 6.45) is 0. The van der Waals surface area contributed by atoms with E-state index in [1.165, 1.54) is 0 Å². The number of furan rings is 1. The average molecular weight is 666 g/mol. The van der Waals surface area contributed by atoms with Gasteiger partial charge in [-0.05, 0) is 76.9 Å². The molecule has 0 spiro atoms. The molecule has 52 heavy (non-hydrogen) atoms. The number of para-hydroxylation sites is 3. The Morgan fingerprint density at radius 2 is 0.923 bits per heavy atom. The number of fused-ring (bicyclic) bond motifs is 4. The van der Waals surface area contributed by atoms with Crippen molar-refractivity contribution in [2.24, 2.45) is 0 Å². The van der Waals surface area contributed by atoms with Crippen LogP contribution in [0.2, 0.25) is 0 Å². The molecule has 7 aromatic carbocycles. The second kappa shape index (κ2) is 12.4. The van der Waals surface area contributed by atoms with E-state index in [0.29, 0.717) is 0 Å². The van der Waals surface area contributed by atoms with Crippen LogP contribution in [0, 0.1) is 0 Å². The predicted molar refractivity (Wildman–Crippen MR) is 213 cm³/mol. The van der Waals surface area contributed by atoms with E-state index in [9.17, 15) is 0 Å². The highest BCUT2D eigenvalue weighted by Crippen LogP contribution is 2.36. The third kappa shape index (κ3) is 5.26. The van der Waals surface area contributed by atoms with Crippen LogP contribution in [0.25, 0.3) is 94.8 Å². The first-order valence-electron chi connectivity index (χ1n) is 17.5. The first kappa shape index (κ1) is 29.8. The number of aromatic nitrogens is 3. The average Bonchev–Trinajstić information content (AvgIpc) is 3.80. The lowest BCUT2D eigenvalue weighted by Crippen LogP contribution is -1.98. The molecule has 0 aliphatic carbocycles. The summed E-state index contributed by atoms with van der Waals surface area (Å²) in [4.78, 5) is 10.2. The van der Waals surface area contributed by atoms with Gasteiger partial charge in [0.2, 0.25) is 0 Å². The number of rotatable bonds is 6. The van der Waals surface area contributed by atoms with Gasteiger partial charge in [0.15, 0.2) is 0 Å². The summed E-state index contributed by atoms with van der Waals surface area (Å²) in [7, 11) is 0. The fraction of sp³-hybridized carbons (Fsp3) is 0. The summed E-state index contributed by atoms with van der Waals surface area (Å²) in [6.45, 7) is 0. The molecule has 3 heterocycles. The maximum Gasteiger partial charge on any atom is 0.145 e. The lowest BCUT2D eigenvalue weighted by atomic mass is 9.97. The largest absolute Gasteiger partial charge is 0.456 e. The molecule has 244 valence electrons. The van der Waals surface area contributed by atoms with Crippen molar-refractivity contribution in [3.05, 3.63) is 188 Å². The summed E-state index contributed by atoms with van der Waals surface area (Å²) in [5.41, 5.74) is 14.5. The fourth-order valence-electron chi connectivity index (χ4n) is 7.21. The van der Waals surface area contributed by atoms with Crippen molar-refractivity contribution in [1.29, 1.82) is 0 Å². The van der Waals surface area contributed by atoms with Crippen LogP contribution < -0.4 is 0 Å². The van der Waals surface area contributed by atoms with Crippen LogP contribution in [0.1, 0.15) is 0 Å². The van der Waals surface area contributed by atoms with Crippen molar-refractivity contribution < 1.29 is 4.42 Å². The first-order valence-corrected chi connectivity index (χ1v) is 17.5. The number of imidazole rings is 1. The number of hydrogen-bond donors (Lipinski definition) is 0. The molecule has 0 aliphatic rings.